The van der Waals surface area contributed by atoms with Crippen LogP contribution in [0.25, 0.3) is 6.08 Å². The third-order valence-electron chi connectivity index (χ3n) is 3.89. The molecule has 120 valence electrons. The van der Waals surface area contributed by atoms with Crippen LogP contribution in [-0.2, 0) is 16.8 Å². The fraction of sp³-hybridized carbons (Fsp3) is 0.278. The Morgan fingerprint density at radius 3 is 3.13 bits per heavy atom. The summed E-state index contributed by atoms with van der Waals surface area (Å²) in [6.07, 6.45) is 4.17. The molecule has 1 aromatic heterocycles. The maximum Gasteiger partial charge on any atom is 0.244 e. The van der Waals surface area contributed by atoms with Crippen LogP contribution >= 0.6 is 11.3 Å². The Hall–Kier alpha value is -2.11. The predicted octanol–water partition coefficient (Wildman–Crippen LogP) is 2.72. The number of rotatable bonds is 5. The molecular weight excluding hydrogens is 310 g/mol. The third-order valence-corrected chi connectivity index (χ3v) is 4.57. The summed E-state index contributed by atoms with van der Waals surface area (Å²) >= 11 is 1.52. The Morgan fingerprint density at radius 1 is 1.48 bits per heavy atom. The zero-order valence-corrected chi connectivity index (χ0v) is 13.7. The number of hydrogen-bond acceptors (Lipinski definition) is 4. The number of carbonyl (C=O) groups excluding carboxylic acids is 1. The molecule has 1 atom stereocenters. The van der Waals surface area contributed by atoms with Gasteiger partial charge in [0, 0.05) is 12.5 Å². The average molecular weight is 329 g/mol. The van der Waals surface area contributed by atoms with Crippen molar-refractivity contribution in [2.45, 2.75) is 18.9 Å². The van der Waals surface area contributed by atoms with E-state index >= 15 is 0 Å². The van der Waals surface area contributed by atoms with E-state index in [1.807, 2.05) is 35.0 Å². The van der Waals surface area contributed by atoms with E-state index in [4.69, 9.17) is 4.74 Å². The molecule has 0 aliphatic carbocycles. The Labute approximate surface area is 139 Å². The molecule has 2 N–H and O–H groups in total. The average Bonchev–Trinajstić information content (AvgIpc) is 3.21. The maximum absolute atomic E-state index is 11.9. The van der Waals surface area contributed by atoms with Crippen LogP contribution in [0.5, 0.6) is 5.75 Å². The molecule has 3 rings (SSSR count). The second kappa shape index (κ2) is 6.56. The first kappa shape index (κ1) is 15.8. The van der Waals surface area contributed by atoms with E-state index in [-0.39, 0.29) is 12.5 Å². The van der Waals surface area contributed by atoms with E-state index in [0.29, 0.717) is 0 Å². The summed E-state index contributed by atoms with van der Waals surface area (Å²) in [4.78, 5) is 11.9. The van der Waals surface area contributed by atoms with Crippen molar-refractivity contribution in [1.29, 1.82) is 0 Å². The number of benzene rings is 1. The van der Waals surface area contributed by atoms with E-state index in [1.165, 1.54) is 23.0 Å². The van der Waals surface area contributed by atoms with Gasteiger partial charge in [-0.2, -0.15) is 11.3 Å². The number of ether oxygens (including phenoxy) is 1. The van der Waals surface area contributed by atoms with Crippen molar-refractivity contribution in [1.82, 2.24) is 5.32 Å². The molecule has 2 aromatic rings. The lowest BCUT2D eigenvalue weighted by Gasteiger charge is -2.22. The van der Waals surface area contributed by atoms with Gasteiger partial charge in [0.1, 0.15) is 11.4 Å². The van der Waals surface area contributed by atoms with Gasteiger partial charge in [0.05, 0.1) is 13.2 Å². The number of thiophene rings is 1. The molecule has 0 unspecified atom stereocenters. The first-order valence-corrected chi connectivity index (χ1v) is 8.45. The largest absolute Gasteiger partial charge is 0.493 e. The topological polar surface area (TPSA) is 58.6 Å². The van der Waals surface area contributed by atoms with Crippen LogP contribution in [0.2, 0.25) is 0 Å². The Balaban J connectivity index is 1.57. The van der Waals surface area contributed by atoms with Crippen LogP contribution in [0, 0.1) is 0 Å². The van der Waals surface area contributed by atoms with Gasteiger partial charge >= 0.3 is 0 Å². The van der Waals surface area contributed by atoms with E-state index < -0.39 is 5.60 Å². The zero-order valence-electron chi connectivity index (χ0n) is 12.9. The predicted molar refractivity (Wildman–Crippen MR) is 91.6 cm³/mol. The summed E-state index contributed by atoms with van der Waals surface area (Å²) in [6.45, 7) is 2.59. The monoisotopic (exact) mass is 329 g/mol. The van der Waals surface area contributed by atoms with Crippen LogP contribution in [0.4, 0.5) is 0 Å². The summed E-state index contributed by atoms with van der Waals surface area (Å²) in [5.74, 6) is 0.704. The molecule has 0 fully saturated rings. The Bertz CT molecular complexity index is 720. The standard InChI is InChI=1S/C18H19NO3S/c1-18(21,15-7-9-23-11-15)12-19-17(20)5-3-13-2-4-16-14(10-13)6-8-22-16/h2-5,7,9-11,21H,6,8,12H2,1H3,(H,19,20)/b5-3+/t18-/m1/s1. The van der Waals surface area contributed by atoms with E-state index in [0.717, 1.165) is 29.9 Å². The highest BCUT2D eigenvalue weighted by Gasteiger charge is 2.23. The van der Waals surface area contributed by atoms with Gasteiger partial charge in [-0.3, -0.25) is 4.79 Å². The molecule has 4 nitrogen and oxygen atoms in total. The summed E-state index contributed by atoms with van der Waals surface area (Å²) in [5, 5.41) is 16.9. The van der Waals surface area contributed by atoms with Crippen LogP contribution in [-0.4, -0.2) is 24.2 Å². The number of fused-ring (bicyclic) bond motifs is 1. The highest BCUT2D eigenvalue weighted by atomic mass is 32.1. The van der Waals surface area contributed by atoms with E-state index in [9.17, 15) is 9.90 Å². The molecule has 1 aliphatic heterocycles. The smallest absolute Gasteiger partial charge is 0.244 e. The summed E-state index contributed by atoms with van der Waals surface area (Å²) in [6, 6.07) is 7.75. The van der Waals surface area contributed by atoms with Crippen molar-refractivity contribution in [2.75, 3.05) is 13.2 Å². The van der Waals surface area contributed by atoms with Crippen LogP contribution in [0.15, 0.2) is 41.1 Å². The van der Waals surface area contributed by atoms with Gasteiger partial charge in [-0.05, 0) is 58.6 Å². The molecular formula is C18H19NO3S. The van der Waals surface area contributed by atoms with Crippen LogP contribution in [0.1, 0.15) is 23.6 Å². The molecule has 0 spiro atoms. The van der Waals surface area contributed by atoms with Gasteiger partial charge in [0.2, 0.25) is 5.91 Å². The van der Waals surface area contributed by atoms with Crippen LogP contribution < -0.4 is 10.1 Å². The number of amides is 1. The molecule has 2 heterocycles. The van der Waals surface area contributed by atoms with Gasteiger partial charge in [-0.25, -0.2) is 0 Å². The highest BCUT2D eigenvalue weighted by molar-refractivity contribution is 7.08. The minimum atomic E-state index is -1.06. The Kier molecular flexibility index (Phi) is 4.50. The van der Waals surface area contributed by atoms with Crippen molar-refractivity contribution in [3.05, 3.63) is 57.8 Å². The SMILES string of the molecule is C[C@@](O)(CNC(=O)/C=C/c1ccc2c(c1)CCO2)c1ccsc1. The lowest BCUT2D eigenvalue weighted by molar-refractivity contribution is -0.117. The molecule has 1 aliphatic rings. The number of carbonyl (C=O) groups is 1. The van der Waals surface area contributed by atoms with Crippen molar-refractivity contribution < 1.29 is 14.6 Å². The van der Waals surface area contributed by atoms with Gasteiger partial charge < -0.3 is 15.2 Å². The van der Waals surface area contributed by atoms with E-state index in [2.05, 4.69) is 5.32 Å². The first-order valence-electron chi connectivity index (χ1n) is 7.51. The first-order chi connectivity index (χ1) is 11.0. The van der Waals surface area contributed by atoms with Gasteiger partial charge in [0.25, 0.3) is 0 Å². The van der Waals surface area contributed by atoms with Crippen molar-refractivity contribution in [3.8, 4) is 5.75 Å². The maximum atomic E-state index is 11.9. The van der Waals surface area contributed by atoms with Crippen molar-refractivity contribution in [3.63, 3.8) is 0 Å². The van der Waals surface area contributed by atoms with Crippen molar-refractivity contribution in [2.24, 2.45) is 0 Å². The molecule has 23 heavy (non-hydrogen) atoms. The lowest BCUT2D eigenvalue weighted by Crippen LogP contribution is -2.37. The number of nitrogens with one attached hydrogen (secondary N) is 1. The quantitative estimate of drug-likeness (QED) is 0.829. The molecule has 0 saturated heterocycles. The molecule has 1 aromatic carbocycles. The van der Waals surface area contributed by atoms with Crippen molar-refractivity contribution >= 4 is 23.3 Å². The van der Waals surface area contributed by atoms with E-state index in [1.54, 1.807) is 13.0 Å². The normalized spacial score (nSPS) is 15.9. The zero-order chi connectivity index (χ0) is 16.3. The minimum absolute atomic E-state index is 0.172. The number of aliphatic hydroxyl groups is 1. The molecule has 1 amide bonds. The minimum Gasteiger partial charge on any atom is -0.493 e. The van der Waals surface area contributed by atoms with Gasteiger partial charge in [-0.1, -0.05) is 6.07 Å². The fourth-order valence-corrected chi connectivity index (χ4v) is 3.26. The molecule has 5 heteroatoms. The molecule has 0 bridgehead atoms. The summed E-state index contributed by atoms with van der Waals surface area (Å²) < 4.78 is 5.46. The third kappa shape index (κ3) is 3.81. The second-order valence-electron chi connectivity index (χ2n) is 5.80. The van der Waals surface area contributed by atoms with Gasteiger partial charge in [-0.15, -0.1) is 0 Å². The molecule has 0 saturated carbocycles. The number of hydrogen-bond donors (Lipinski definition) is 2. The van der Waals surface area contributed by atoms with Gasteiger partial charge in [0.15, 0.2) is 0 Å². The summed E-state index contributed by atoms with van der Waals surface area (Å²) in [7, 11) is 0. The second-order valence-corrected chi connectivity index (χ2v) is 6.58. The lowest BCUT2D eigenvalue weighted by atomic mass is 9.99. The van der Waals surface area contributed by atoms with Crippen LogP contribution in [0.3, 0.4) is 0 Å². The Morgan fingerprint density at radius 2 is 2.35 bits per heavy atom. The highest BCUT2D eigenvalue weighted by Crippen LogP contribution is 2.26. The summed E-state index contributed by atoms with van der Waals surface area (Å²) in [5.41, 5.74) is 1.89. The molecule has 0 radical (unpaired) electrons. The fourth-order valence-electron chi connectivity index (χ4n) is 2.47.